The zero-order valence-electron chi connectivity index (χ0n) is 25.5. The molecule has 1 N–H and O–H groups in total. The molecule has 11 nitrogen and oxygen atoms in total. The van der Waals surface area contributed by atoms with E-state index in [0.717, 1.165) is 32.4 Å². The molecule has 3 aromatic rings. The fourth-order valence-electron chi connectivity index (χ4n) is 4.53. The Hall–Kier alpha value is -3.64. The van der Waals surface area contributed by atoms with Crippen molar-refractivity contribution in [2.24, 2.45) is 0 Å². The van der Waals surface area contributed by atoms with Gasteiger partial charge < -0.3 is 18.9 Å². The topological polar surface area (TPSA) is 135 Å². The van der Waals surface area contributed by atoms with Crippen LogP contribution in [0.3, 0.4) is 0 Å². The number of benzene rings is 1. The number of hydrogen-bond donors (Lipinski definition) is 1. The van der Waals surface area contributed by atoms with Crippen LogP contribution in [-0.4, -0.2) is 65.4 Å². The second-order valence-electron chi connectivity index (χ2n) is 9.33. The average Bonchev–Trinajstić information content (AvgIpc) is 3.32. The second-order valence-corrected chi connectivity index (χ2v) is 12.8. The van der Waals surface area contributed by atoms with E-state index in [1.54, 1.807) is 6.92 Å². The quantitative estimate of drug-likeness (QED) is 0.317. The first kappa shape index (κ1) is 28.1. The molecule has 18 heteroatoms. The van der Waals surface area contributed by atoms with Gasteiger partial charge in [-0.15, -0.1) is 0 Å². The number of ether oxygens (including phenoxy) is 4. The molecule has 2 aromatic heterocycles. The number of rotatable bonds is 10. The highest BCUT2D eigenvalue weighted by Crippen LogP contribution is 2.46. The van der Waals surface area contributed by atoms with E-state index in [4.69, 9.17) is 13.6 Å². The van der Waals surface area contributed by atoms with Crippen molar-refractivity contribution in [3.63, 3.8) is 0 Å². The highest BCUT2D eigenvalue weighted by Gasteiger charge is 2.58. The molecule has 0 saturated carbocycles. The van der Waals surface area contributed by atoms with Crippen molar-refractivity contribution in [1.29, 1.82) is 0 Å². The molecule has 0 spiro atoms. The molecule has 1 aromatic carbocycles. The summed E-state index contributed by atoms with van der Waals surface area (Å²) in [5.41, 5.74) is -3.82. The zero-order chi connectivity index (χ0) is 34.5. The predicted molar refractivity (Wildman–Crippen MR) is 141 cm³/mol. The molecule has 0 bridgehead atoms. The third-order valence-electron chi connectivity index (χ3n) is 6.74. The molecule has 1 atom stereocenters. The number of fused-ring (bicyclic) bond motifs is 1. The van der Waals surface area contributed by atoms with Crippen LogP contribution in [0.1, 0.15) is 27.4 Å². The fraction of sp³-hybridized carbons (Fsp3) is 0.400. The van der Waals surface area contributed by atoms with Gasteiger partial charge in [-0.1, -0.05) is 17.7 Å². The molecular weight excluding hydrogens is 629 g/mol. The minimum Gasteiger partial charge on any atom is -0.493 e. The number of anilines is 1. The first-order valence-corrected chi connectivity index (χ1v) is 15.0. The van der Waals surface area contributed by atoms with Crippen LogP contribution in [0.2, 0.25) is 0 Å². The smallest absolute Gasteiger partial charge is 0.417 e. The van der Waals surface area contributed by atoms with E-state index < -0.39 is 103 Å². The summed E-state index contributed by atoms with van der Waals surface area (Å²) in [7, 11) is -11.2. The van der Waals surface area contributed by atoms with Gasteiger partial charge in [-0.05, 0) is 37.5 Å². The van der Waals surface area contributed by atoms with Crippen LogP contribution in [0, 0.1) is 6.92 Å². The van der Waals surface area contributed by atoms with E-state index in [0.29, 0.717) is 15.7 Å². The molecule has 236 valence electrons. The Morgan fingerprint density at radius 3 is 2.33 bits per heavy atom. The number of alkyl halides is 5. The number of methoxy groups -OCH3 is 3. The number of hydrogen-bond acceptors (Lipinski definition) is 9. The Kier molecular flexibility index (Phi) is 7.50. The van der Waals surface area contributed by atoms with Gasteiger partial charge in [0.2, 0.25) is 0 Å². The Bertz CT molecular complexity index is 1830. The lowest BCUT2D eigenvalue weighted by molar-refractivity contribution is -0.273. The molecule has 2 heterocycles. The van der Waals surface area contributed by atoms with Gasteiger partial charge in [0.15, 0.2) is 22.9 Å². The lowest BCUT2D eigenvalue weighted by atomic mass is 9.83. The van der Waals surface area contributed by atoms with Gasteiger partial charge in [0.25, 0.3) is 25.9 Å². The van der Waals surface area contributed by atoms with E-state index in [1.165, 1.54) is 12.1 Å². The Balaban J connectivity index is 1.92. The molecule has 0 aliphatic heterocycles. The van der Waals surface area contributed by atoms with Gasteiger partial charge in [0.05, 0.1) is 23.2 Å². The molecule has 0 radical (unpaired) electrons. The summed E-state index contributed by atoms with van der Waals surface area (Å²) in [6, 6.07) is 5.97. The normalized spacial score (nSPS) is 18.8. The molecule has 43 heavy (non-hydrogen) atoms. The van der Waals surface area contributed by atoms with Crippen LogP contribution < -0.4 is 18.9 Å². The Morgan fingerprint density at radius 1 is 1.09 bits per heavy atom. The minimum atomic E-state index is -5.32. The van der Waals surface area contributed by atoms with Crippen molar-refractivity contribution < 1.29 is 61.8 Å². The molecule has 4 rings (SSSR count). The minimum absolute atomic E-state index is 0.342. The van der Waals surface area contributed by atoms with Crippen molar-refractivity contribution in [1.82, 2.24) is 8.96 Å². The highest BCUT2D eigenvalue weighted by atomic mass is 32.2. The number of aromatic nitrogens is 2. The number of nitrogens with one attached hydrogen (secondary N) is 1. The van der Waals surface area contributed by atoms with Gasteiger partial charge in [-0.25, -0.2) is 20.8 Å². The molecule has 1 aliphatic rings. The van der Waals surface area contributed by atoms with Crippen LogP contribution in [0.25, 0.3) is 0 Å². The maximum atomic E-state index is 14.5. The molecule has 0 saturated heterocycles. The molecular formula is C25H26F5N3O8S2. The van der Waals surface area contributed by atoms with Gasteiger partial charge in [0, 0.05) is 31.4 Å². The third kappa shape index (κ3) is 5.95. The summed E-state index contributed by atoms with van der Waals surface area (Å²) < 4.78 is 167. The molecule has 0 fully saturated rings. The zero-order valence-corrected chi connectivity index (χ0v) is 24.2. The van der Waals surface area contributed by atoms with Crippen LogP contribution in [-0.2, 0) is 37.6 Å². The molecule has 0 amide bonds. The molecule has 1 aliphatic carbocycles. The van der Waals surface area contributed by atoms with E-state index in [1.807, 2.05) is 4.72 Å². The number of sulfonamides is 1. The van der Waals surface area contributed by atoms with Crippen molar-refractivity contribution in [2.75, 3.05) is 26.0 Å². The summed E-state index contributed by atoms with van der Waals surface area (Å²) in [6.07, 6.45) is -7.97. The first-order valence-electron chi connectivity index (χ1n) is 13.6. The van der Waals surface area contributed by atoms with Gasteiger partial charge >= 0.3 is 12.8 Å². The lowest BCUT2D eigenvalue weighted by Gasteiger charge is -2.38. The van der Waals surface area contributed by atoms with Crippen molar-refractivity contribution >= 4 is 25.9 Å². The highest BCUT2D eigenvalue weighted by molar-refractivity contribution is 7.93. The summed E-state index contributed by atoms with van der Waals surface area (Å²) >= 11 is 0. The van der Waals surface area contributed by atoms with Crippen LogP contribution >= 0.6 is 0 Å². The summed E-state index contributed by atoms with van der Waals surface area (Å²) in [6.45, 7) is -1.67. The maximum Gasteiger partial charge on any atom is 0.417 e. The van der Waals surface area contributed by atoms with Gasteiger partial charge in [0.1, 0.15) is 4.90 Å². The third-order valence-corrected chi connectivity index (χ3v) is 9.84. The van der Waals surface area contributed by atoms with E-state index >= 15 is 0 Å². The van der Waals surface area contributed by atoms with Crippen molar-refractivity contribution in [3.8, 4) is 17.4 Å². The summed E-state index contributed by atoms with van der Waals surface area (Å²) in [4.78, 5) is 2.59. The molecule has 0 unspecified atom stereocenters. The van der Waals surface area contributed by atoms with Gasteiger partial charge in [-0.3, -0.25) is 4.72 Å². The fourth-order valence-corrected chi connectivity index (χ4v) is 7.31. The van der Waals surface area contributed by atoms with E-state index in [2.05, 4.69) is 14.5 Å². The van der Waals surface area contributed by atoms with Gasteiger partial charge in [-0.2, -0.15) is 26.9 Å². The number of nitrogens with zero attached hydrogens (tertiary/aromatic N) is 2. The lowest BCUT2D eigenvalue weighted by Crippen LogP contribution is -2.51. The SMILES string of the molecule is [2H]C([2H])([2H])O[C@]1(C(F)(F)F)CCc2c(S(=O)(=O)Nc3nc(OC)c(OC(F)F)cc3OC)cn(S(=O)(=O)c3ccc(C)cc3)c2C1. The van der Waals surface area contributed by atoms with E-state index in [-0.39, 0.29) is 5.56 Å². The van der Waals surface area contributed by atoms with Crippen molar-refractivity contribution in [3.05, 3.63) is 53.3 Å². The second kappa shape index (κ2) is 11.5. The Morgan fingerprint density at radius 2 is 1.77 bits per heavy atom. The van der Waals surface area contributed by atoms with Crippen molar-refractivity contribution in [2.45, 2.75) is 54.4 Å². The van der Waals surface area contributed by atoms with Crippen LogP contribution in [0.4, 0.5) is 27.8 Å². The first-order chi connectivity index (χ1) is 21.1. The van der Waals surface area contributed by atoms with Crippen LogP contribution in [0.5, 0.6) is 17.4 Å². The van der Waals surface area contributed by atoms with E-state index in [9.17, 15) is 38.8 Å². The predicted octanol–water partition coefficient (Wildman–Crippen LogP) is 4.28. The monoisotopic (exact) mass is 658 g/mol. The largest absolute Gasteiger partial charge is 0.493 e. The van der Waals surface area contributed by atoms with Crippen LogP contribution in [0.15, 0.2) is 46.3 Å². The number of pyridine rings is 1. The summed E-state index contributed by atoms with van der Waals surface area (Å²) in [5.74, 6) is -2.29. The number of aryl methyl sites for hydroxylation is 1. The maximum absolute atomic E-state index is 14.5. The Labute approximate surface area is 247 Å². The number of halogens is 5. The average molecular weight is 659 g/mol. The standard InChI is InChI=1S/C25H26F5N3O8S2/c1-14-5-7-15(8-6-14)43(36,37)33-13-20(16-9-10-24(40-4,12-17(16)33)25(28,29)30)42(34,35)32-21-18(38-2)11-19(41-23(26)27)22(31-21)39-3/h5-8,11,13,23H,9-10,12H2,1-4H3,(H,31,32)/t24-/m1/s1/i4D3. The summed E-state index contributed by atoms with van der Waals surface area (Å²) in [5, 5.41) is 0.